The summed E-state index contributed by atoms with van der Waals surface area (Å²) in [5, 5.41) is 0.399. The van der Waals surface area contributed by atoms with Crippen LogP contribution in [-0.2, 0) is 19.7 Å². The number of rotatable bonds is 7. The summed E-state index contributed by atoms with van der Waals surface area (Å²) in [5.74, 6) is -0.406. The molecule has 0 atom stereocenters. The van der Waals surface area contributed by atoms with Gasteiger partial charge in [0, 0.05) is 52.9 Å². The van der Waals surface area contributed by atoms with E-state index in [1.807, 2.05) is 0 Å². The van der Waals surface area contributed by atoms with Gasteiger partial charge in [0.1, 0.15) is 4.90 Å². The molecule has 5 rings (SSSR count). The average molecular weight is 691 g/mol. The minimum Gasteiger partial charge on any atom is -0.493 e. The number of ketones is 2. The summed E-state index contributed by atoms with van der Waals surface area (Å²) in [6.45, 7) is 11.3. The lowest BCUT2D eigenvalue weighted by molar-refractivity contribution is -0.119. The molecule has 0 fully saturated rings. The quantitative estimate of drug-likeness (QED) is 0.272. The molecule has 2 aliphatic carbocycles. The van der Waals surface area contributed by atoms with E-state index >= 15 is 0 Å². The molecule has 0 bridgehead atoms. The van der Waals surface area contributed by atoms with Crippen LogP contribution in [0.25, 0.3) is 0 Å². The van der Waals surface area contributed by atoms with E-state index in [9.17, 15) is 18.0 Å². The number of halogens is 2. The first-order valence-corrected chi connectivity index (χ1v) is 17.0. The Balaban J connectivity index is 1.69. The van der Waals surface area contributed by atoms with Gasteiger partial charge in [-0.2, -0.15) is 8.42 Å². The summed E-state index contributed by atoms with van der Waals surface area (Å²) in [6.07, 6.45) is 3.06. The Morgan fingerprint density at radius 2 is 1.47 bits per heavy atom. The van der Waals surface area contributed by atoms with Gasteiger partial charge in [-0.05, 0) is 88.0 Å². The zero-order chi connectivity index (χ0) is 31.5. The van der Waals surface area contributed by atoms with E-state index < -0.39 is 16.0 Å². The number of nitrogens with zero attached hydrogens (tertiary/aromatic N) is 1. The molecule has 10 heteroatoms. The summed E-state index contributed by atoms with van der Waals surface area (Å²) in [7, 11) is -2.79. The molecule has 0 unspecified atom stereocenters. The summed E-state index contributed by atoms with van der Waals surface area (Å²) >= 11 is 9.46. The first kappa shape index (κ1) is 31.8. The Hall–Kier alpha value is -2.62. The van der Waals surface area contributed by atoms with E-state index in [0.717, 1.165) is 37.2 Å². The number of carbonyl (C=O) groups excluding carboxylic acids is 2. The molecule has 0 aromatic heterocycles. The lowest BCUT2D eigenvalue weighted by atomic mass is 9.63. The maximum atomic E-state index is 14.0. The van der Waals surface area contributed by atoms with Crippen molar-refractivity contribution in [1.29, 1.82) is 0 Å². The third kappa shape index (κ3) is 6.05. The molecule has 2 aromatic rings. The van der Waals surface area contributed by atoms with Crippen molar-refractivity contribution in [3.05, 3.63) is 74.0 Å². The van der Waals surface area contributed by atoms with Gasteiger partial charge in [0.15, 0.2) is 23.1 Å². The first-order valence-electron chi connectivity index (χ1n) is 14.4. The number of allylic oxidation sites excluding steroid dienone is 4. The normalized spacial score (nSPS) is 20.2. The van der Waals surface area contributed by atoms with Gasteiger partial charge in [-0.25, -0.2) is 0 Å². The van der Waals surface area contributed by atoms with Crippen molar-refractivity contribution >= 4 is 49.2 Å². The lowest BCUT2D eigenvalue weighted by Crippen LogP contribution is -2.44. The SMILES string of the molecule is CCCN1C2=C(C(=O)CC(C)(C)C2)C(c2cc(Br)c(OS(=O)(=O)c3ccc(Cl)cc3)c(OC)c2)C2=C1CC(C)(C)CC2=O. The molecule has 230 valence electrons. The predicted molar refractivity (Wildman–Crippen MR) is 170 cm³/mol. The molecule has 1 aliphatic heterocycles. The molecule has 3 aliphatic rings. The minimum absolute atomic E-state index is 0.0276. The standard InChI is InChI=1S/C33H37BrClNO6S/c1-7-12-36-23-15-32(2,3)17-25(37)29(23)28(30-24(36)16-33(4,5)18-26(30)38)19-13-22(34)31(27(14-19)41-6)42-43(39,40)21-10-8-20(35)9-11-21/h8-11,13-14,28H,7,12,15-18H2,1-6H3. The summed E-state index contributed by atoms with van der Waals surface area (Å²) < 4.78 is 37.9. The van der Waals surface area contributed by atoms with Crippen LogP contribution >= 0.6 is 27.5 Å². The van der Waals surface area contributed by atoms with E-state index in [-0.39, 0.29) is 38.8 Å². The van der Waals surface area contributed by atoms with Crippen LogP contribution in [-0.4, -0.2) is 38.5 Å². The van der Waals surface area contributed by atoms with Gasteiger partial charge in [-0.3, -0.25) is 9.59 Å². The molecule has 1 heterocycles. The van der Waals surface area contributed by atoms with Gasteiger partial charge in [-0.1, -0.05) is 46.2 Å². The third-order valence-electron chi connectivity index (χ3n) is 8.35. The fourth-order valence-electron chi connectivity index (χ4n) is 6.62. The van der Waals surface area contributed by atoms with E-state index in [4.69, 9.17) is 20.5 Å². The van der Waals surface area contributed by atoms with Crippen LogP contribution in [0.3, 0.4) is 0 Å². The Labute approximate surface area is 267 Å². The van der Waals surface area contributed by atoms with Crippen LogP contribution in [0.2, 0.25) is 5.02 Å². The fraction of sp³-hybridized carbons (Fsp3) is 0.455. The molecule has 7 nitrogen and oxygen atoms in total. The maximum Gasteiger partial charge on any atom is 0.339 e. The van der Waals surface area contributed by atoms with E-state index in [2.05, 4.69) is 55.4 Å². The van der Waals surface area contributed by atoms with Crippen molar-refractivity contribution in [3.8, 4) is 11.5 Å². The van der Waals surface area contributed by atoms with E-state index in [1.165, 1.54) is 31.4 Å². The summed E-state index contributed by atoms with van der Waals surface area (Å²) in [6, 6.07) is 9.10. The van der Waals surface area contributed by atoms with Crippen LogP contribution < -0.4 is 8.92 Å². The van der Waals surface area contributed by atoms with Crippen LogP contribution in [0.4, 0.5) is 0 Å². The molecule has 0 saturated heterocycles. The number of methoxy groups -OCH3 is 1. The molecule has 0 N–H and O–H groups in total. The van der Waals surface area contributed by atoms with Crippen LogP contribution in [0.5, 0.6) is 11.5 Å². The van der Waals surface area contributed by atoms with Crippen molar-refractivity contribution in [2.24, 2.45) is 10.8 Å². The zero-order valence-corrected chi connectivity index (χ0v) is 28.5. The van der Waals surface area contributed by atoms with Crippen LogP contribution in [0, 0.1) is 10.8 Å². The largest absolute Gasteiger partial charge is 0.493 e. The fourth-order valence-corrected chi connectivity index (χ4v) is 8.35. The lowest BCUT2D eigenvalue weighted by Gasteiger charge is -2.49. The van der Waals surface area contributed by atoms with Gasteiger partial charge in [0.2, 0.25) is 0 Å². The molecular weight excluding hydrogens is 654 g/mol. The zero-order valence-electron chi connectivity index (χ0n) is 25.3. The topological polar surface area (TPSA) is 90.0 Å². The Bertz CT molecular complexity index is 1620. The van der Waals surface area contributed by atoms with E-state index in [0.29, 0.717) is 39.0 Å². The van der Waals surface area contributed by atoms with Crippen LogP contribution in [0.15, 0.2) is 68.3 Å². The van der Waals surface area contributed by atoms with Gasteiger partial charge in [0.25, 0.3) is 0 Å². The second-order valence-corrected chi connectivity index (χ2v) is 16.0. The maximum absolute atomic E-state index is 14.0. The van der Waals surface area contributed by atoms with Gasteiger partial charge >= 0.3 is 10.1 Å². The number of benzene rings is 2. The van der Waals surface area contributed by atoms with Crippen molar-refractivity contribution in [2.45, 2.75) is 77.5 Å². The highest BCUT2D eigenvalue weighted by Crippen LogP contribution is 2.55. The van der Waals surface area contributed by atoms with E-state index in [1.54, 1.807) is 12.1 Å². The molecule has 0 spiro atoms. The smallest absolute Gasteiger partial charge is 0.339 e. The monoisotopic (exact) mass is 689 g/mol. The van der Waals surface area contributed by atoms with Crippen molar-refractivity contribution in [3.63, 3.8) is 0 Å². The van der Waals surface area contributed by atoms with Crippen molar-refractivity contribution in [1.82, 2.24) is 4.90 Å². The molecule has 2 aromatic carbocycles. The summed E-state index contributed by atoms with van der Waals surface area (Å²) in [5.41, 5.74) is 3.50. The number of ether oxygens (including phenoxy) is 1. The second kappa shape index (κ2) is 11.4. The molecule has 0 saturated carbocycles. The molecule has 0 amide bonds. The highest BCUT2D eigenvalue weighted by atomic mass is 79.9. The molecule has 43 heavy (non-hydrogen) atoms. The van der Waals surface area contributed by atoms with Gasteiger partial charge in [-0.15, -0.1) is 0 Å². The average Bonchev–Trinajstić information content (AvgIpc) is 2.89. The van der Waals surface area contributed by atoms with Gasteiger partial charge in [0.05, 0.1) is 11.6 Å². The number of hydrogen-bond acceptors (Lipinski definition) is 7. The summed E-state index contributed by atoms with van der Waals surface area (Å²) in [4.78, 5) is 30.2. The van der Waals surface area contributed by atoms with Crippen molar-refractivity contribution < 1.29 is 26.9 Å². The van der Waals surface area contributed by atoms with Crippen molar-refractivity contribution in [2.75, 3.05) is 13.7 Å². The Morgan fingerprint density at radius 3 is 1.95 bits per heavy atom. The highest BCUT2D eigenvalue weighted by molar-refractivity contribution is 9.10. The number of hydrogen-bond donors (Lipinski definition) is 0. The molecular formula is C33H37BrClNO6S. The number of carbonyl (C=O) groups is 2. The predicted octanol–water partition coefficient (Wildman–Crippen LogP) is 7.97. The van der Waals surface area contributed by atoms with Gasteiger partial charge < -0.3 is 13.8 Å². The third-order valence-corrected chi connectivity index (χ3v) is 10.4. The highest BCUT2D eigenvalue weighted by Gasteiger charge is 2.49. The first-order chi connectivity index (χ1) is 20.1. The number of Topliss-reactive ketones (excluding diaryl/α,β-unsaturated/α-hetero) is 2. The Kier molecular flexibility index (Phi) is 8.42. The van der Waals surface area contributed by atoms with Crippen LogP contribution in [0.1, 0.15) is 78.2 Å². The molecule has 0 radical (unpaired) electrons. The minimum atomic E-state index is -4.22. The second-order valence-electron chi connectivity index (χ2n) is 13.2. The Morgan fingerprint density at radius 1 is 0.930 bits per heavy atom.